The van der Waals surface area contributed by atoms with Crippen molar-refractivity contribution in [3.05, 3.63) is 82.3 Å². The van der Waals surface area contributed by atoms with E-state index in [1.807, 2.05) is 41.3 Å². The molecule has 34 heavy (non-hydrogen) atoms. The molecule has 0 saturated carbocycles. The molecule has 5 rings (SSSR count). The Morgan fingerprint density at radius 2 is 1.94 bits per heavy atom. The number of tetrazole rings is 1. The molecule has 1 saturated heterocycles. The van der Waals surface area contributed by atoms with E-state index in [9.17, 15) is 9.59 Å². The molecule has 1 amide bonds. The monoisotopic (exact) mass is 456 g/mol. The lowest BCUT2D eigenvalue weighted by atomic mass is 9.95. The van der Waals surface area contributed by atoms with Gasteiger partial charge in [-0.05, 0) is 64.6 Å². The van der Waals surface area contributed by atoms with Crippen LogP contribution < -0.4 is 5.63 Å². The highest BCUT2D eigenvalue weighted by Crippen LogP contribution is 2.21. The molecule has 9 heteroatoms. The van der Waals surface area contributed by atoms with Gasteiger partial charge in [-0.3, -0.25) is 4.79 Å². The summed E-state index contributed by atoms with van der Waals surface area (Å²) in [6, 6.07) is 13.3. The number of hydrogen-bond donors (Lipinski definition) is 0. The Hall–Kier alpha value is -4.14. The Morgan fingerprint density at radius 3 is 2.68 bits per heavy atom. The van der Waals surface area contributed by atoms with Gasteiger partial charge in [-0.15, -0.1) is 5.10 Å². The van der Waals surface area contributed by atoms with E-state index in [1.54, 1.807) is 17.7 Å². The number of aromatic nitrogens is 5. The van der Waals surface area contributed by atoms with Crippen molar-refractivity contribution in [2.45, 2.75) is 26.2 Å². The molecule has 0 aliphatic carbocycles. The summed E-state index contributed by atoms with van der Waals surface area (Å²) in [6.07, 6.45) is 8.03. The zero-order chi connectivity index (χ0) is 23.5. The summed E-state index contributed by atoms with van der Waals surface area (Å²) in [4.78, 5) is 31.0. The number of fused-ring (bicyclic) bond motifs is 1. The number of piperidine rings is 1. The molecule has 1 aliphatic heterocycles. The van der Waals surface area contributed by atoms with Crippen molar-refractivity contribution in [1.82, 2.24) is 30.1 Å². The summed E-state index contributed by atoms with van der Waals surface area (Å²) in [5, 5.41) is 11.6. The van der Waals surface area contributed by atoms with E-state index >= 15 is 0 Å². The Balaban J connectivity index is 1.15. The van der Waals surface area contributed by atoms with E-state index < -0.39 is 0 Å². The van der Waals surface area contributed by atoms with E-state index in [2.05, 4.69) is 32.7 Å². The lowest BCUT2D eigenvalue weighted by Crippen LogP contribution is -2.38. The predicted molar refractivity (Wildman–Crippen MR) is 126 cm³/mol. The molecule has 1 fully saturated rings. The molecular weight excluding hydrogens is 432 g/mol. The SMILES string of the molecule is Cc1nc2cc(/C=C/C3CCN(C(=O)Cc4ccc(-n5cnnn5)cc4)CC3)ccc2c(=O)o1. The van der Waals surface area contributed by atoms with Gasteiger partial charge in [0, 0.05) is 20.0 Å². The highest BCUT2D eigenvalue weighted by Gasteiger charge is 2.21. The summed E-state index contributed by atoms with van der Waals surface area (Å²) >= 11 is 0. The maximum Gasteiger partial charge on any atom is 0.346 e. The third kappa shape index (κ3) is 4.78. The van der Waals surface area contributed by atoms with Crippen molar-refractivity contribution in [2.24, 2.45) is 5.92 Å². The van der Waals surface area contributed by atoms with Gasteiger partial charge in [0.2, 0.25) is 5.91 Å². The normalized spacial score (nSPS) is 14.8. The van der Waals surface area contributed by atoms with Crippen LogP contribution in [0.4, 0.5) is 0 Å². The molecule has 2 aromatic heterocycles. The number of hydrogen-bond acceptors (Lipinski definition) is 7. The standard InChI is InChI=1S/C25H24N6O3/c1-17-27-23-14-19(6-9-22(23)25(33)34-17)3-2-18-10-12-30(13-11-18)24(32)15-20-4-7-21(8-5-20)31-16-26-28-29-31/h2-9,14,16,18H,10-13,15H2,1H3/b3-2+. The number of carbonyl (C=O) groups is 1. The number of likely N-dealkylation sites (tertiary alicyclic amines) is 1. The molecule has 0 radical (unpaired) electrons. The summed E-state index contributed by atoms with van der Waals surface area (Å²) in [7, 11) is 0. The fraction of sp³-hybridized carbons (Fsp3) is 0.280. The van der Waals surface area contributed by atoms with Crippen LogP contribution in [-0.2, 0) is 11.2 Å². The average Bonchev–Trinajstić information content (AvgIpc) is 3.38. The van der Waals surface area contributed by atoms with Crippen LogP contribution in [0, 0.1) is 12.8 Å². The van der Waals surface area contributed by atoms with Gasteiger partial charge in [-0.2, -0.15) is 0 Å². The quantitative estimate of drug-likeness (QED) is 0.454. The molecule has 4 aromatic rings. The average molecular weight is 457 g/mol. The summed E-state index contributed by atoms with van der Waals surface area (Å²) < 4.78 is 6.63. The maximum atomic E-state index is 12.8. The van der Waals surface area contributed by atoms with Gasteiger partial charge in [-0.25, -0.2) is 14.5 Å². The molecular formula is C25H24N6O3. The molecule has 172 valence electrons. The van der Waals surface area contributed by atoms with E-state index in [4.69, 9.17) is 4.42 Å². The Labute approximate surface area is 195 Å². The first-order chi connectivity index (χ1) is 16.5. The Kier molecular flexibility index (Phi) is 5.99. The first kappa shape index (κ1) is 21.7. The topological polar surface area (TPSA) is 107 Å². The molecule has 3 heterocycles. The summed E-state index contributed by atoms with van der Waals surface area (Å²) in [6.45, 7) is 3.16. The van der Waals surface area contributed by atoms with Crippen LogP contribution >= 0.6 is 0 Å². The van der Waals surface area contributed by atoms with Crippen LogP contribution in [0.3, 0.4) is 0 Å². The van der Waals surface area contributed by atoms with Gasteiger partial charge in [0.05, 0.1) is 23.0 Å². The minimum absolute atomic E-state index is 0.146. The van der Waals surface area contributed by atoms with Gasteiger partial charge < -0.3 is 9.32 Å². The predicted octanol–water partition coefficient (Wildman–Crippen LogP) is 2.97. The molecule has 0 atom stereocenters. The molecule has 0 N–H and O–H groups in total. The van der Waals surface area contributed by atoms with Crippen molar-refractivity contribution in [2.75, 3.05) is 13.1 Å². The van der Waals surface area contributed by atoms with E-state index in [-0.39, 0.29) is 11.5 Å². The summed E-state index contributed by atoms with van der Waals surface area (Å²) in [5.74, 6) is 0.914. The fourth-order valence-electron chi connectivity index (χ4n) is 4.22. The van der Waals surface area contributed by atoms with Gasteiger partial charge in [0.25, 0.3) is 0 Å². The zero-order valence-electron chi connectivity index (χ0n) is 18.8. The largest absolute Gasteiger partial charge is 0.408 e. The van der Waals surface area contributed by atoms with Crippen LogP contribution in [0.15, 0.2) is 64.1 Å². The van der Waals surface area contributed by atoms with E-state index in [1.165, 1.54) is 6.33 Å². The maximum absolute atomic E-state index is 12.8. The highest BCUT2D eigenvalue weighted by molar-refractivity contribution is 5.80. The van der Waals surface area contributed by atoms with Crippen molar-refractivity contribution in [3.8, 4) is 5.69 Å². The number of rotatable bonds is 5. The van der Waals surface area contributed by atoms with Gasteiger partial charge in [0.1, 0.15) is 6.33 Å². The molecule has 9 nitrogen and oxygen atoms in total. The third-order valence-electron chi connectivity index (χ3n) is 6.12. The second-order valence-corrected chi connectivity index (χ2v) is 8.47. The van der Waals surface area contributed by atoms with Crippen molar-refractivity contribution in [3.63, 3.8) is 0 Å². The minimum Gasteiger partial charge on any atom is -0.408 e. The number of benzene rings is 2. The Bertz CT molecular complexity index is 1380. The molecule has 0 bridgehead atoms. The lowest BCUT2D eigenvalue weighted by molar-refractivity contribution is -0.131. The minimum atomic E-state index is -0.362. The molecule has 0 spiro atoms. The smallest absolute Gasteiger partial charge is 0.346 e. The van der Waals surface area contributed by atoms with Crippen LogP contribution in [0.2, 0.25) is 0 Å². The number of allylic oxidation sites excluding steroid dienone is 1. The van der Waals surface area contributed by atoms with Crippen molar-refractivity contribution in [1.29, 1.82) is 0 Å². The number of amides is 1. The van der Waals surface area contributed by atoms with Crippen LogP contribution in [0.25, 0.3) is 22.7 Å². The number of nitrogens with zero attached hydrogens (tertiary/aromatic N) is 6. The van der Waals surface area contributed by atoms with Crippen LogP contribution in [-0.4, -0.2) is 49.1 Å². The number of aryl methyl sites for hydroxylation is 1. The first-order valence-electron chi connectivity index (χ1n) is 11.2. The Morgan fingerprint density at radius 1 is 1.15 bits per heavy atom. The third-order valence-corrected chi connectivity index (χ3v) is 6.12. The molecule has 2 aromatic carbocycles. The lowest BCUT2D eigenvalue weighted by Gasteiger charge is -2.31. The second-order valence-electron chi connectivity index (χ2n) is 8.47. The van der Waals surface area contributed by atoms with Crippen LogP contribution in [0.1, 0.15) is 29.9 Å². The summed E-state index contributed by atoms with van der Waals surface area (Å²) in [5.41, 5.74) is 3.10. The van der Waals surface area contributed by atoms with Gasteiger partial charge in [-0.1, -0.05) is 30.4 Å². The molecule has 0 unspecified atom stereocenters. The fourth-order valence-corrected chi connectivity index (χ4v) is 4.22. The van der Waals surface area contributed by atoms with E-state index in [0.717, 1.165) is 42.7 Å². The molecule has 1 aliphatic rings. The van der Waals surface area contributed by atoms with Crippen molar-refractivity contribution < 1.29 is 9.21 Å². The van der Waals surface area contributed by atoms with Crippen LogP contribution in [0.5, 0.6) is 0 Å². The van der Waals surface area contributed by atoms with E-state index in [0.29, 0.717) is 29.1 Å². The van der Waals surface area contributed by atoms with Crippen molar-refractivity contribution >= 4 is 22.9 Å². The second kappa shape index (κ2) is 9.38. The van der Waals surface area contributed by atoms with Gasteiger partial charge >= 0.3 is 5.63 Å². The van der Waals surface area contributed by atoms with Gasteiger partial charge in [0.15, 0.2) is 5.89 Å². The first-order valence-corrected chi connectivity index (χ1v) is 11.2. The number of carbonyl (C=O) groups excluding carboxylic acids is 1. The highest BCUT2D eigenvalue weighted by atomic mass is 16.4. The zero-order valence-corrected chi connectivity index (χ0v) is 18.8.